The number of hydrogen-bond donors (Lipinski definition) is 1. The monoisotopic (exact) mass is 255 g/mol. The van der Waals surface area contributed by atoms with Crippen molar-refractivity contribution in [2.24, 2.45) is 11.8 Å². The topological polar surface area (TPSA) is 21.3 Å². The summed E-state index contributed by atoms with van der Waals surface area (Å²) in [5.74, 6) is 1.70. The highest BCUT2D eigenvalue weighted by Gasteiger charge is 2.26. The molecule has 0 heterocycles. The largest absolute Gasteiger partial charge is 0.374 e. The predicted octanol–water partition coefficient (Wildman–Crippen LogP) is 3.99. The van der Waals surface area contributed by atoms with Crippen LogP contribution in [0.25, 0.3) is 0 Å². The molecule has 108 valence electrons. The third-order valence-electron chi connectivity index (χ3n) is 4.30. The Bertz CT molecular complexity index is 217. The summed E-state index contributed by atoms with van der Waals surface area (Å²) in [6.07, 6.45) is 7.15. The SMILES string of the molecule is CCCC(CNC(C)C)OC1CCC(C)C(C)C1. The Labute approximate surface area is 114 Å². The Morgan fingerprint density at radius 2 is 1.89 bits per heavy atom. The van der Waals surface area contributed by atoms with Crippen LogP contribution < -0.4 is 5.32 Å². The van der Waals surface area contributed by atoms with Crippen LogP contribution in [0.15, 0.2) is 0 Å². The molecule has 1 aliphatic rings. The van der Waals surface area contributed by atoms with E-state index in [2.05, 4.69) is 39.9 Å². The first-order chi connectivity index (χ1) is 8.52. The molecular weight excluding hydrogens is 222 g/mol. The van der Waals surface area contributed by atoms with Gasteiger partial charge in [0, 0.05) is 12.6 Å². The lowest BCUT2D eigenvalue weighted by Crippen LogP contribution is -2.37. The number of nitrogens with one attached hydrogen (secondary N) is 1. The van der Waals surface area contributed by atoms with E-state index in [1.54, 1.807) is 0 Å². The van der Waals surface area contributed by atoms with E-state index in [4.69, 9.17) is 4.74 Å². The Morgan fingerprint density at radius 1 is 1.17 bits per heavy atom. The fraction of sp³-hybridized carbons (Fsp3) is 1.00. The standard InChI is InChI=1S/C16H33NO/c1-6-7-16(11-17-12(2)3)18-15-9-8-13(4)14(5)10-15/h12-17H,6-11H2,1-5H3. The van der Waals surface area contributed by atoms with Crippen molar-refractivity contribution in [3.05, 3.63) is 0 Å². The van der Waals surface area contributed by atoms with Gasteiger partial charge in [-0.05, 0) is 37.5 Å². The smallest absolute Gasteiger partial charge is 0.0703 e. The number of hydrogen-bond acceptors (Lipinski definition) is 2. The van der Waals surface area contributed by atoms with Gasteiger partial charge in [0.2, 0.25) is 0 Å². The predicted molar refractivity (Wildman–Crippen MR) is 78.9 cm³/mol. The fourth-order valence-corrected chi connectivity index (χ4v) is 2.80. The van der Waals surface area contributed by atoms with Gasteiger partial charge >= 0.3 is 0 Å². The maximum absolute atomic E-state index is 6.34. The first-order valence-corrected chi connectivity index (χ1v) is 7.91. The summed E-state index contributed by atoms with van der Waals surface area (Å²) in [4.78, 5) is 0. The average molecular weight is 255 g/mol. The van der Waals surface area contributed by atoms with Gasteiger partial charge in [0.1, 0.15) is 0 Å². The van der Waals surface area contributed by atoms with E-state index in [0.29, 0.717) is 18.2 Å². The summed E-state index contributed by atoms with van der Waals surface area (Å²) in [5.41, 5.74) is 0. The molecule has 0 aliphatic heterocycles. The van der Waals surface area contributed by atoms with Crippen molar-refractivity contribution < 1.29 is 4.74 Å². The molecule has 0 amide bonds. The summed E-state index contributed by atoms with van der Waals surface area (Å²) in [6.45, 7) is 12.4. The van der Waals surface area contributed by atoms with Crippen LogP contribution in [-0.2, 0) is 4.74 Å². The van der Waals surface area contributed by atoms with Crippen LogP contribution >= 0.6 is 0 Å². The van der Waals surface area contributed by atoms with Crippen molar-refractivity contribution in [3.8, 4) is 0 Å². The molecule has 0 aromatic rings. The molecule has 1 aliphatic carbocycles. The second-order valence-corrected chi connectivity index (χ2v) is 6.50. The quantitative estimate of drug-likeness (QED) is 0.742. The maximum Gasteiger partial charge on any atom is 0.0703 e. The lowest BCUT2D eigenvalue weighted by molar-refractivity contribution is -0.0499. The highest BCUT2D eigenvalue weighted by molar-refractivity contribution is 4.77. The first kappa shape index (κ1) is 16.0. The van der Waals surface area contributed by atoms with Crippen LogP contribution in [0.5, 0.6) is 0 Å². The molecule has 0 aromatic carbocycles. The van der Waals surface area contributed by atoms with Crippen molar-refractivity contribution in [1.82, 2.24) is 5.32 Å². The lowest BCUT2D eigenvalue weighted by Gasteiger charge is -2.34. The molecule has 0 spiro atoms. The Kier molecular flexibility index (Phi) is 7.25. The van der Waals surface area contributed by atoms with Crippen LogP contribution in [-0.4, -0.2) is 24.8 Å². The van der Waals surface area contributed by atoms with E-state index in [0.717, 1.165) is 18.4 Å². The molecule has 0 radical (unpaired) electrons. The Balaban J connectivity index is 2.35. The van der Waals surface area contributed by atoms with E-state index in [1.165, 1.54) is 32.1 Å². The van der Waals surface area contributed by atoms with Gasteiger partial charge in [0.25, 0.3) is 0 Å². The van der Waals surface area contributed by atoms with E-state index >= 15 is 0 Å². The van der Waals surface area contributed by atoms with E-state index in [-0.39, 0.29) is 0 Å². The minimum Gasteiger partial charge on any atom is -0.374 e. The highest BCUT2D eigenvalue weighted by Crippen LogP contribution is 2.31. The molecule has 1 rings (SSSR count). The second kappa shape index (κ2) is 8.16. The summed E-state index contributed by atoms with van der Waals surface area (Å²) in [5, 5.41) is 3.51. The highest BCUT2D eigenvalue weighted by atomic mass is 16.5. The van der Waals surface area contributed by atoms with Crippen LogP contribution in [0.1, 0.15) is 66.7 Å². The first-order valence-electron chi connectivity index (χ1n) is 7.91. The minimum atomic E-state index is 0.406. The number of rotatable bonds is 7. The van der Waals surface area contributed by atoms with Crippen molar-refractivity contribution in [1.29, 1.82) is 0 Å². The van der Waals surface area contributed by atoms with Gasteiger partial charge in [-0.25, -0.2) is 0 Å². The van der Waals surface area contributed by atoms with Crippen LogP contribution in [0.2, 0.25) is 0 Å². The van der Waals surface area contributed by atoms with E-state index < -0.39 is 0 Å². The van der Waals surface area contributed by atoms with Gasteiger partial charge in [0.05, 0.1) is 12.2 Å². The Hall–Kier alpha value is -0.0800. The second-order valence-electron chi connectivity index (χ2n) is 6.50. The zero-order valence-electron chi connectivity index (χ0n) is 13.0. The molecule has 1 saturated carbocycles. The molecule has 2 heteroatoms. The molecular formula is C16H33NO. The third kappa shape index (κ3) is 5.71. The molecule has 2 nitrogen and oxygen atoms in total. The fourth-order valence-electron chi connectivity index (χ4n) is 2.80. The maximum atomic E-state index is 6.34. The normalized spacial score (nSPS) is 30.7. The minimum absolute atomic E-state index is 0.406. The molecule has 1 fully saturated rings. The third-order valence-corrected chi connectivity index (χ3v) is 4.30. The van der Waals surface area contributed by atoms with Gasteiger partial charge in [-0.1, -0.05) is 41.0 Å². The zero-order valence-corrected chi connectivity index (χ0v) is 13.0. The summed E-state index contributed by atoms with van der Waals surface area (Å²) >= 11 is 0. The average Bonchev–Trinajstić information content (AvgIpc) is 2.31. The molecule has 0 saturated heterocycles. The van der Waals surface area contributed by atoms with Crippen molar-refractivity contribution in [3.63, 3.8) is 0 Å². The van der Waals surface area contributed by atoms with Crippen LogP contribution in [0.4, 0.5) is 0 Å². The molecule has 4 atom stereocenters. The van der Waals surface area contributed by atoms with Crippen molar-refractivity contribution >= 4 is 0 Å². The van der Waals surface area contributed by atoms with E-state index in [9.17, 15) is 0 Å². The van der Waals surface area contributed by atoms with Crippen molar-refractivity contribution in [2.75, 3.05) is 6.54 Å². The summed E-state index contributed by atoms with van der Waals surface area (Å²) in [6, 6.07) is 0.554. The molecule has 0 bridgehead atoms. The summed E-state index contributed by atoms with van der Waals surface area (Å²) < 4.78 is 6.34. The van der Waals surface area contributed by atoms with Crippen LogP contribution in [0, 0.1) is 11.8 Å². The summed E-state index contributed by atoms with van der Waals surface area (Å²) in [7, 11) is 0. The van der Waals surface area contributed by atoms with Crippen LogP contribution in [0.3, 0.4) is 0 Å². The molecule has 1 N–H and O–H groups in total. The molecule has 0 aromatic heterocycles. The molecule has 18 heavy (non-hydrogen) atoms. The van der Waals surface area contributed by atoms with Gasteiger partial charge in [-0.3, -0.25) is 0 Å². The van der Waals surface area contributed by atoms with Crippen molar-refractivity contribution in [2.45, 2.75) is 85.0 Å². The van der Waals surface area contributed by atoms with E-state index in [1.807, 2.05) is 0 Å². The van der Waals surface area contributed by atoms with Gasteiger partial charge in [-0.15, -0.1) is 0 Å². The lowest BCUT2D eigenvalue weighted by atomic mass is 9.80. The van der Waals surface area contributed by atoms with Gasteiger partial charge in [0.15, 0.2) is 0 Å². The number of ether oxygens (including phenoxy) is 1. The Morgan fingerprint density at radius 3 is 2.44 bits per heavy atom. The molecule has 4 unspecified atom stereocenters. The van der Waals surface area contributed by atoms with Gasteiger partial charge in [-0.2, -0.15) is 0 Å². The zero-order chi connectivity index (χ0) is 13.5. The van der Waals surface area contributed by atoms with Gasteiger partial charge < -0.3 is 10.1 Å².